The van der Waals surface area contributed by atoms with E-state index in [1.54, 1.807) is 0 Å². The van der Waals surface area contributed by atoms with Gasteiger partial charge >= 0.3 is 0 Å². The molecule has 0 bridgehead atoms. The number of likely N-dealkylation sites (tertiary alicyclic amines) is 1. The molecule has 0 amide bonds. The number of rotatable bonds is 6. The minimum atomic E-state index is 0. The molecule has 2 N–H and O–H groups in total. The Morgan fingerprint density at radius 3 is 2.70 bits per heavy atom. The quantitative estimate of drug-likeness (QED) is 0.874. The summed E-state index contributed by atoms with van der Waals surface area (Å²) in [4.78, 5) is 2.52. The molecular weight excluding hydrogens is 295 g/mol. The van der Waals surface area contributed by atoms with Crippen molar-refractivity contribution in [3.63, 3.8) is 0 Å². The molecule has 3 nitrogen and oxygen atoms in total. The van der Waals surface area contributed by atoms with Gasteiger partial charge in [0, 0.05) is 17.6 Å². The van der Waals surface area contributed by atoms with Gasteiger partial charge in [-0.1, -0.05) is 18.0 Å². The zero-order chi connectivity index (χ0) is 13.5. The van der Waals surface area contributed by atoms with Crippen molar-refractivity contribution in [2.45, 2.75) is 31.7 Å². The van der Waals surface area contributed by atoms with Crippen LogP contribution in [0, 0.1) is 0 Å². The van der Waals surface area contributed by atoms with Crippen molar-refractivity contribution < 1.29 is 4.74 Å². The van der Waals surface area contributed by atoms with Gasteiger partial charge in [-0.15, -0.1) is 12.4 Å². The molecule has 0 aromatic heterocycles. The van der Waals surface area contributed by atoms with Gasteiger partial charge in [0.2, 0.25) is 0 Å². The lowest BCUT2D eigenvalue weighted by molar-refractivity contribution is 0.118. The van der Waals surface area contributed by atoms with Crippen LogP contribution in [0.25, 0.3) is 0 Å². The Balaban J connectivity index is 0.00000200. The summed E-state index contributed by atoms with van der Waals surface area (Å²) in [5.74, 6) is 0.886. The van der Waals surface area contributed by atoms with Crippen LogP contribution in [0.4, 0.5) is 0 Å². The van der Waals surface area contributed by atoms with Crippen LogP contribution in [-0.2, 0) is 0 Å². The number of piperidine rings is 1. The molecule has 1 fully saturated rings. The van der Waals surface area contributed by atoms with Crippen molar-refractivity contribution in [1.82, 2.24) is 4.90 Å². The lowest BCUT2D eigenvalue weighted by atomic mass is 9.99. The monoisotopic (exact) mass is 318 g/mol. The summed E-state index contributed by atoms with van der Waals surface area (Å²) in [5.41, 5.74) is 5.69. The topological polar surface area (TPSA) is 38.5 Å². The van der Waals surface area contributed by atoms with Gasteiger partial charge in [0.05, 0.1) is 0 Å². The van der Waals surface area contributed by atoms with Crippen LogP contribution in [0.2, 0.25) is 5.02 Å². The number of benzene rings is 1. The predicted molar refractivity (Wildman–Crippen MR) is 87.1 cm³/mol. The van der Waals surface area contributed by atoms with Gasteiger partial charge in [-0.25, -0.2) is 0 Å². The second kappa shape index (κ2) is 9.46. The van der Waals surface area contributed by atoms with Gasteiger partial charge in [-0.05, 0) is 56.6 Å². The number of hydrogen-bond acceptors (Lipinski definition) is 3. The minimum Gasteiger partial charge on any atom is -0.492 e. The molecule has 1 unspecified atom stereocenters. The van der Waals surface area contributed by atoms with E-state index in [0.717, 1.165) is 36.9 Å². The molecule has 0 radical (unpaired) electrons. The molecule has 2 rings (SSSR count). The smallest absolute Gasteiger partial charge is 0.119 e. The first-order valence-electron chi connectivity index (χ1n) is 7.12. The highest BCUT2D eigenvalue weighted by molar-refractivity contribution is 6.30. The number of hydrogen-bond donors (Lipinski definition) is 1. The van der Waals surface area contributed by atoms with Crippen molar-refractivity contribution in [3.8, 4) is 5.75 Å². The van der Waals surface area contributed by atoms with Gasteiger partial charge in [0.25, 0.3) is 0 Å². The van der Waals surface area contributed by atoms with Crippen LogP contribution in [0.1, 0.15) is 25.7 Å². The Hall–Kier alpha value is -0.480. The second-order valence-corrected chi connectivity index (χ2v) is 5.50. The van der Waals surface area contributed by atoms with Crippen molar-refractivity contribution in [2.24, 2.45) is 5.73 Å². The molecule has 114 valence electrons. The van der Waals surface area contributed by atoms with Crippen molar-refractivity contribution in [2.75, 3.05) is 26.2 Å². The average molecular weight is 319 g/mol. The Kier molecular flexibility index (Phi) is 8.31. The fourth-order valence-corrected chi connectivity index (χ4v) is 2.81. The van der Waals surface area contributed by atoms with Crippen LogP contribution < -0.4 is 10.5 Å². The van der Waals surface area contributed by atoms with E-state index in [4.69, 9.17) is 22.1 Å². The summed E-state index contributed by atoms with van der Waals surface area (Å²) >= 11 is 5.85. The van der Waals surface area contributed by atoms with Crippen LogP contribution in [0.3, 0.4) is 0 Å². The molecule has 5 heteroatoms. The summed E-state index contributed by atoms with van der Waals surface area (Å²) < 4.78 is 5.76. The maximum absolute atomic E-state index is 5.85. The molecule has 1 aliphatic rings. The van der Waals surface area contributed by atoms with Gasteiger partial charge in [0.15, 0.2) is 0 Å². The first kappa shape index (κ1) is 17.6. The summed E-state index contributed by atoms with van der Waals surface area (Å²) in [5, 5.41) is 0.742. The van der Waals surface area contributed by atoms with E-state index in [2.05, 4.69) is 4.90 Å². The first-order valence-corrected chi connectivity index (χ1v) is 7.50. The Morgan fingerprint density at radius 1 is 1.25 bits per heavy atom. The second-order valence-electron chi connectivity index (χ2n) is 5.07. The Morgan fingerprint density at radius 2 is 2.00 bits per heavy atom. The molecule has 0 spiro atoms. The third-order valence-electron chi connectivity index (χ3n) is 3.71. The van der Waals surface area contributed by atoms with Gasteiger partial charge < -0.3 is 10.5 Å². The predicted octanol–water partition coefficient (Wildman–Crippen LogP) is 3.34. The number of nitrogens with zero attached hydrogens (tertiary/aromatic N) is 1. The van der Waals surface area contributed by atoms with E-state index < -0.39 is 0 Å². The first-order chi connectivity index (χ1) is 9.29. The molecular formula is C15H24Cl2N2O. The molecule has 1 aromatic carbocycles. The number of nitrogens with two attached hydrogens (primary N) is 1. The van der Waals surface area contributed by atoms with Crippen LogP contribution in [-0.4, -0.2) is 37.2 Å². The fourth-order valence-electron chi connectivity index (χ4n) is 2.69. The zero-order valence-electron chi connectivity index (χ0n) is 11.8. The standard InChI is InChI=1S/C15H23ClN2O.ClH/c16-13-4-6-15(7-5-13)19-12-11-18-10-2-1-3-14(18)8-9-17;/h4-7,14H,1-3,8-12,17H2;1H. The third kappa shape index (κ3) is 5.49. The minimum absolute atomic E-state index is 0. The summed E-state index contributed by atoms with van der Waals surface area (Å²) in [6.45, 7) is 3.66. The highest BCUT2D eigenvalue weighted by Gasteiger charge is 2.21. The molecule has 1 aromatic rings. The molecule has 20 heavy (non-hydrogen) atoms. The van der Waals surface area contributed by atoms with E-state index in [0.29, 0.717) is 6.04 Å². The van der Waals surface area contributed by atoms with Crippen molar-refractivity contribution >= 4 is 24.0 Å². The van der Waals surface area contributed by atoms with Crippen LogP contribution >= 0.6 is 24.0 Å². The Labute approximate surface area is 132 Å². The highest BCUT2D eigenvalue weighted by Crippen LogP contribution is 2.19. The van der Waals surface area contributed by atoms with Crippen molar-refractivity contribution in [3.05, 3.63) is 29.3 Å². The molecule has 1 atom stereocenters. The fraction of sp³-hybridized carbons (Fsp3) is 0.600. The van der Waals surface area contributed by atoms with Gasteiger partial charge in [0.1, 0.15) is 12.4 Å². The lowest BCUT2D eigenvalue weighted by Crippen LogP contribution is -2.42. The summed E-state index contributed by atoms with van der Waals surface area (Å²) in [7, 11) is 0. The van der Waals surface area contributed by atoms with Crippen molar-refractivity contribution in [1.29, 1.82) is 0 Å². The average Bonchev–Trinajstić information content (AvgIpc) is 2.43. The highest BCUT2D eigenvalue weighted by atomic mass is 35.5. The Bertz CT molecular complexity index is 371. The SMILES string of the molecule is Cl.NCCC1CCCCN1CCOc1ccc(Cl)cc1. The van der Waals surface area contributed by atoms with E-state index in [1.807, 2.05) is 24.3 Å². The normalized spacial score (nSPS) is 19.4. The van der Waals surface area contributed by atoms with Crippen LogP contribution in [0.5, 0.6) is 5.75 Å². The third-order valence-corrected chi connectivity index (χ3v) is 3.96. The van der Waals surface area contributed by atoms with E-state index in [9.17, 15) is 0 Å². The van der Waals surface area contributed by atoms with Gasteiger partial charge in [-0.3, -0.25) is 4.90 Å². The zero-order valence-corrected chi connectivity index (χ0v) is 13.3. The lowest BCUT2D eigenvalue weighted by Gasteiger charge is -2.35. The summed E-state index contributed by atoms with van der Waals surface area (Å²) in [6.07, 6.45) is 5.00. The van der Waals surface area contributed by atoms with E-state index >= 15 is 0 Å². The van der Waals surface area contributed by atoms with Gasteiger partial charge in [-0.2, -0.15) is 0 Å². The number of halogens is 2. The molecule has 1 heterocycles. The molecule has 1 saturated heterocycles. The maximum atomic E-state index is 5.85. The molecule has 0 aliphatic carbocycles. The number of ether oxygens (including phenoxy) is 1. The van der Waals surface area contributed by atoms with E-state index in [1.165, 1.54) is 25.8 Å². The molecule has 0 saturated carbocycles. The summed E-state index contributed by atoms with van der Waals surface area (Å²) in [6, 6.07) is 8.18. The van der Waals surface area contributed by atoms with Crippen LogP contribution in [0.15, 0.2) is 24.3 Å². The maximum Gasteiger partial charge on any atom is 0.119 e. The van der Waals surface area contributed by atoms with E-state index in [-0.39, 0.29) is 12.4 Å². The largest absolute Gasteiger partial charge is 0.492 e. The molecule has 1 aliphatic heterocycles.